The number of benzene rings is 2. The Kier molecular flexibility index (Phi) is 5.13. The van der Waals surface area contributed by atoms with Gasteiger partial charge in [-0.3, -0.25) is 14.5 Å². The lowest BCUT2D eigenvalue weighted by Crippen LogP contribution is -2.41. The third-order valence-corrected chi connectivity index (χ3v) is 4.61. The van der Waals surface area contributed by atoms with Crippen molar-refractivity contribution in [2.24, 2.45) is 0 Å². The van der Waals surface area contributed by atoms with Crippen molar-refractivity contribution < 1.29 is 27.9 Å². The Morgan fingerprint density at radius 2 is 1.71 bits per heavy atom. The van der Waals surface area contributed by atoms with Crippen molar-refractivity contribution >= 4 is 17.7 Å². The molecule has 1 atom stereocenters. The van der Waals surface area contributed by atoms with E-state index in [0.29, 0.717) is 11.1 Å². The fourth-order valence-electron chi connectivity index (χ4n) is 2.98. The highest BCUT2D eigenvalue weighted by molar-refractivity contribution is 6.11. The Bertz CT molecular complexity index is 913. The van der Waals surface area contributed by atoms with E-state index in [9.17, 15) is 23.2 Å². The molecule has 2 aromatic rings. The standard InChI is InChI=1S/C20H18F2N2O4/c1-12-3-5-13(6-4-12)16(25)11-24-17(26)20(2,23-19(24)27)14-7-9-15(10-8-14)28-18(21)22/h3-10,18H,11H2,1-2H3,(H,23,27). The number of nitrogens with zero attached hydrogens (tertiary/aromatic N) is 1. The number of hydrogen-bond donors (Lipinski definition) is 1. The molecule has 146 valence electrons. The normalized spacial score (nSPS) is 19.1. The number of urea groups is 1. The summed E-state index contributed by atoms with van der Waals surface area (Å²) in [5, 5.41) is 2.57. The summed E-state index contributed by atoms with van der Waals surface area (Å²) in [7, 11) is 0. The number of nitrogens with one attached hydrogen (secondary N) is 1. The number of amides is 3. The van der Waals surface area contributed by atoms with E-state index < -0.39 is 30.6 Å². The molecule has 3 rings (SSSR count). The molecule has 1 aliphatic rings. The van der Waals surface area contributed by atoms with E-state index in [1.54, 1.807) is 24.3 Å². The summed E-state index contributed by atoms with van der Waals surface area (Å²) in [4.78, 5) is 38.5. The molecule has 1 N–H and O–H groups in total. The van der Waals surface area contributed by atoms with Gasteiger partial charge in [-0.05, 0) is 31.5 Å². The predicted molar refractivity (Wildman–Crippen MR) is 96.2 cm³/mol. The average Bonchev–Trinajstić information content (AvgIpc) is 2.86. The second kappa shape index (κ2) is 7.38. The number of hydrogen-bond acceptors (Lipinski definition) is 4. The average molecular weight is 388 g/mol. The summed E-state index contributed by atoms with van der Waals surface area (Å²) in [5.74, 6) is -1.03. The summed E-state index contributed by atoms with van der Waals surface area (Å²) in [5.41, 5.74) is 0.359. The van der Waals surface area contributed by atoms with E-state index in [4.69, 9.17) is 0 Å². The topological polar surface area (TPSA) is 75.7 Å². The van der Waals surface area contributed by atoms with E-state index in [2.05, 4.69) is 10.1 Å². The molecule has 3 amide bonds. The second-order valence-electron chi connectivity index (χ2n) is 6.64. The maximum absolute atomic E-state index is 12.9. The summed E-state index contributed by atoms with van der Waals surface area (Å²) in [6.45, 7) is 0.0227. The van der Waals surface area contributed by atoms with Crippen molar-refractivity contribution in [1.82, 2.24) is 10.2 Å². The smallest absolute Gasteiger partial charge is 0.387 e. The van der Waals surface area contributed by atoms with Crippen molar-refractivity contribution in [3.63, 3.8) is 0 Å². The van der Waals surface area contributed by atoms with Crippen molar-refractivity contribution in [2.45, 2.75) is 26.0 Å². The highest BCUT2D eigenvalue weighted by Crippen LogP contribution is 2.30. The van der Waals surface area contributed by atoms with Gasteiger partial charge in [0.1, 0.15) is 11.3 Å². The van der Waals surface area contributed by atoms with Crippen LogP contribution in [-0.4, -0.2) is 35.8 Å². The predicted octanol–water partition coefficient (Wildman–Crippen LogP) is 3.25. The Morgan fingerprint density at radius 1 is 1.11 bits per heavy atom. The maximum Gasteiger partial charge on any atom is 0.387 e. The van der Waals surface area contributed by atoms with Gasteiger partial charge in [0.05, 0.1) is 6.54 Å². The second-order valence-corrected chi connectivity index (χ2v) is 6.64. The van der Waals surface area contributed by atoms with Gasteiger partial charge in [0, 0.05) is 5.56 Å². The lowest BCUT2D eigenvalue weighted by molar-refractivity contribution is -0.130. The molecule has 0 saturated carbocycles. The van der Waals surface area contributed by atoms with E-state index >= 15 is 0 Å². The van der Waals surface area contributed by atoms with Crippen LogP contribution in [0.3, 0.4) is 0 Å². The quantitative estimate of drug-likeness (QED) is 0.609. The molecule has 8 heteroatoms. The molecule has 1 unspecified atom stereocenters. The number of imide groups is 1. The van der Waals surface area contributed by atoms with Crippen molar-refractivity contribution in [1.29, 1.82) is 0 Å². The molecule has 1 fully saturated rings. The Morgan fingerprint density at radius 3 is 2.29 bits per heavy atom. The van der Waals surface area contributed by atoms with E-state index in [1.165, 1.54) is 31.2 Å². The minimum absolute atomic E-state index is 0.0643. The summed E-state index contributed by atoms with van der Waals surface area (Å²) in [6.07, 6.45) is 0. The van der Waals surface area contributed by atoms with Gasteiger partial charge in [-0.15, -0.1) is 0 Å². The molecule has 6 nitrogen and oxygen atoms in total. The fourth-order valence-corrected chi connectivity index (χ4v) is 2.98. The Balaban J connectivity index is 1.78. The van der Waals surface area contributed by atoms with Crippen LogP contribution in [0, 0.1) is 6.92 Å². The maximum atomic E-state index is 12.9. The first-order chi connectivity index (χ1) is 13.2. The molecule has 1 heterocycles. The molecule has 1 saturated heterocycles. The van der Waals surface area contributed by atoms with Crippen LogP contribution in [0.4, 0.5) is 13.6 Å². The van der Waals surface area contributed by atoms with Gasteiger partial charge in [0.15, 0.2) is 5.78 Å². The van der Waals surface area contributed by atoms with Gasteiger partial charge in [-0.25, -0.2) is 4.79 Å². The molecule has 0 spiro atoms. The molecule has 1 aliphatic heterocycles. The SMILES string of the molecule is Cc1ccc(C(=O)CN2C(=O)NC(C)(c3ccc(OC(F)F)cc3)C2=O)cc1. The highest BCUT2D eigenvalue weighted by atomic mass is 19.3. The number of alkyl halides is 2. The summed E-state index contributed by atoms with van der Waals surface area (Å²) < 4.78 is 28.8. The Labute approximate surface area is 160 Å². The van der Waals surface area contributed by atoms with Crippen LogP contribution >= 0.6 is 0 Å². The first kappa shape index (κ1) is 19.5. The molecule has 0 radical (unpaired) electrons. The van der Waals surface area contributed by atoms with Crippen LogP contribution in [0.5, 0.6) is 5.75 Å². The van der Waals surface area contributed by atoms with Crippen LogP contribution in [0.15, 0.2) is 48.5 Å². The molecule has 2 aromatic carbocycles. The number of aryl methyl sites for hydroxylation is 1. The highest BCUT2D eigenvalue weighted by Gasteiger charge is 2.49. The zero-order valence-electron chi connectivity index (χ0n) is 15.2. The van der Waals surface area contributed by atoms with Gasteiger partial charge in [-0.1, -0.05) is 42.0 Å². The largest absolute Gasteiger partial charge is 0.435 e. The van der Waals surface area contributed by atoms with E-state index in [0.717, 1.165) is 10.5 Å². The number of ether oxygens (including phenoxy) is 1. The van der Waals surface area contributed by atoms with Crippen LogP contribution < -0.4 is 10.1 Å². The first-order valence-corrected chi connectivity index (χ1v) is 8.50. The van der Waals surface area contributed by atoms with Crippen LogP contribution in [0.2, 0.25) is 0 Å². The molecular formula is C20H18F2N2O4. The molecule has 0 aliphatic carbocycles. The molecule has 0 bridgehead atoms. The van der Waals surface area contributed by atoms with Crippen molar-refractivity contribution in [3.05, 3.63) is 65.2 Å². The number of halogens is 2. The lowest BCUT2D eigenvalue weighted by atomic mass is 9.92. The zero-order valence-corrected chi connectivity index (χ0v) is 15.2. The minimum atomic E-state index is -2.96. The molecule has 28 heavy (non-hydrogen) atoms. The van der Waals surface area contributed by atoms with Crippen molar-refractivity contribution in [2.75, 3.05) is 6.54 Å². The van der Waals surface area contributed by atoms with Crippen LogP contribution in [0.1, 0.15) is 28.4 Å². The first-order valence-electron chi connectivity index (χ1n) is 8.50. The number of carbonyl (C=O) groups is 3. The fraction of sp³-hybridized carbons (Fsp3) is 0.250. The van der Waals surface area contributed by atoms with Gasteiger partial charge in [-0.2, -0.15) is 8.78 Å². The number of rotatable bonds is 6. The van der Waals surface area contributed by atoms with Crippen LogP contribution in [-0.2, 0) is 10.3 Å². The van der Waals surface area contributed by atoms with E-state index in [1.807, 2.05) is 6.92 Å². The van der Waals surface area contributed by atoms with Crippen molar-refractivity contribution in [3.8, 4) is 5.75 Å². The van der Waals surface area contributed by atoms with Crippen LogP contribution in [0.25, 0.3) is 0 Å². The van der Waals surface area contributed by atoms with Gasteiger partial charge in [0.25, 0.3) is 5.91 Å². The van der Waals surface area contributed by atoms with Gasteiger partial charge < -0.3 is 10.1 Å². The van der Waals surface area contributed by atoms with Gasteiger partial charge >= 0.3 is 12.6 Å². The minimum Gasteiger partial charge on any atom is -0.435 e. The van der Waals surface area contributed by atoms with Gasteiger partial charge in [0.2, 0.25) is 0 Å². The third kappa shape index (κ3) is 3.71. The number of Topliss-reactive ketones (excluding diaryl/α,β-unsaturated/α-hetero) is 1. The zero-order chi connectivity index (χ0) is 20.5. The monoisotopic (exact) mass is 388 g/mol. The number of carbonyl (C=O) groups excluding carboxylic acids is 3. The number of ketones is 1. The lowest BCUT2D eigenvalue weighted by Gasteiger charge is -2.22. The Hall–Kier alpha value is -3.29. The van der Waals surface area contributed by atoms with E-state index in [-0.39, 0.29) is 11.5 Å². The summed E-state index contributed by atoms with van der Waals surface area (Å²) >= 11 is 0. The molecular weight excluding hydrogens is 370 g/mol. The summed E-state index contributed by atoms with van der Waals surface area (Å²) in [6, 6.07) is 11.5. The molecule has 0 aromatic heterocycles. The third-order valence-electron chi connectivity index (χ3n) is 4.61.